The van der Waals surface area contributed by atoms with Gasteiger partial charge in [-0.2, -0.15) is 0 Å². The van der Waals surface area contributed by atoms with Crippen LogP contribution in [0.25, 0.3) is 0 Å². The van der Waals surface area contributed by atoms with Crippen LogP contribution in [-0.2, 0) is 4.74 Å². The van der Waals surface area contributed by atoms with Crippen LogP contribution in [-0.4, -0.2) is 12.7 Å². The molecule has 0 spiro atoms. The summed E-state index contributed by atoms with van der Waals surface area (Å²) in [4.78, 5) is 0. The first-order valence-corrected chi connectivity index (χ1v) is 6.99. The van der Waals surface area contributed by atoms with Crippen LogP contribution in [0.2, 0.25) is 0 Å². The van der Waals surface area contributed by atoms with Gasteiger partial charge in [-0.1, -0.05) is 12.1 Å². The van der Waals surface area contributed by atoms with E-state index in [1.807, 2.05) is 0 Å². The Balaban J connectivity index is 2.25. The summed E-state index contributed by atoms with van der Waals surface area (Å²) in [5, 5.41) is 0. The molecule has 0 amide bonds. The smallest absolute Gasteiger partial charge is 0.0795 e. The molecular formula is C16H25NO. The Hall–Kier alpha value is -0.860. The second-order valence-electron chi connectivity index (χ2n) is 5.58. The minimum atomic E-state index is 0.0109. The van der Waals surface area contributed by atoms with Crippen molar-refractivity contribution in [3.8, 4) is 0 Å². The Morgan fingerprint density at radius 3 is 2.33 bits per heavy atom. The average Bonchev–Trinajstić information content (AvgIpc) is 3.14. The van der Waals surface area contributed by atoms with Crippen molar-refractivity contribution >= 4 is 0 Å². The van der Waals surface area contributed by atoms with E-state index in [2.05, 4.69) is 39.8 Å². The van der Waals surface area contributed by atoms with Gasteiger partial charge in [-0.15, -0.1) is 0 Å². The Bertz CT molecular complexity index is 423. The van der Waals surface area contributed by atoms with E-state index in [-0.39, 0.29) is 12.1 Å². The summed E-state index contributed by atoms with van der Waals surface area (Å²) in [6.45, 7) is 9.25. The third-order valence-electron chi connectivity index (χ3n) is 4.04. The SMILES string of the molecule is CCOC(C1CC1)C(N)c1cc(C)c(C)cc1C. The molecule has 1 fully saturated rings. The Morgan fingerprint density at radius 2 is 1.78 bits per heavy atom. The minimum Gasteiger partial charge on any atom is -0.376 e. The van der Waals surface area contributed by atoms with E-state index >= 15 is 0 Å². The maximum Gasteiger partial charge on any atom is 0.0795 e. The van der Waals surface area contributed by atoms with Gasteiger partial charge in [0.05, 0.1) is 12.1 Å². The topological polar surface area (TPSA) is 35.2 Å². The quantitative estimate of drug-likeness (QED) is 0.865. The molecule has 2 N–H and O–H groups in total. The maximum absolute atomic E-state index is 6.46. The highest BCUT2D eigenvalue weighted by molar-refractivity contribution is 5.38. The van der Waals surface area contributed by atoms with Crippen LogP contribution >= 0.6 is 0 Å². The molecule has 1 aliphatic carbocycles. The standard InChI is InChI=1S/C16H25NO/c1-5-18-16(13-6-7-13)15(17)14-9-11(3)10(2)8-12(14)4/h8-9,13,15-16H,5-7,17H2,1-4H3. The van der Waals surface area contributed by atoms with Crippen molar-refractivity contribution in [1.82, 2.24) is 0 Å². The van der Waals surface area contributed by atoms with Gasteiger partial charge in [-0.3, -0.25) is 0 Å². The number of hydrogen-bond donors (Lipinski definition) is 1. The molecule has 0 heterocycles. The summed E-state index contributed by atoms with van der Waals surface area (Å²) in [5.41, 5.74) is 11.7. The lowest BCUT2D eigenvalue weighted by molar-refractivity contribution is 0.0281. The van der Waals surface area contributed by atoms with E-state index in [1.165, 1.54) is 35.1 Å². The number of ether oxygens (including phenoxy) is 1. The molecule has 0 saturated heterocycles. The van der Waals surface area contributed by atoms with Gasteiger partial charge in [0.25, 0.3) is 0 Å². The fourth-order valence-corrected chi connectivity index (χ4v) is 2.67. The van der Waals surface area contributed by atoms with Crippen LogP contribution in [0.3, 0.4) is 0 Å². The first kappa shape index (κ1) is 13.6. The monoisotopic (exact) mass is 247 g/mol. The summed E-state index contributed by atoms with van der Waals surface area (Å²) in [6, 6.07) is 4.49. The molecule has 2 nitrogen and oxygen atoms in total. The minimum absolute atomic E-state index is 0.0109. The van der Waals surface area contributed by atoms with Crippen LogP contribution in [0.4, 0.5) is 0 Å². The Morgan fingerprint density at radius 1 is 1.17 bits per heavy atom. The lowest BCUT2D eigenvalue weighted by Gasteiger charge is -2.26. The highest BCUT2D eigenvalue weighted by atomic mass is 16.5. The van der Waals surface area contributed by atoms with Crippen molar-refractivity contribution in [3.63, 3.8) is 0 Å². The van der Waals surface area contributed by atoms with E-state index in [1.54, 1.807) is 0 Å². The third-order valence-corrected chi connectivity index (χ3v) is 4.04. The normalized spacial score (nSPS) is 18.7. The lowest BCUT2D eigenvalue weighted by Crippen LogP contribution is -2.31. The molecule has 2 unspecified atom stereocenters. The van der Waals surface area contributed by atoms with Crippen LogP contribution in [0, 0.1) is 26.7 Å². The molecule has 1 aliphatic rings. The van der Waals surface area contributed by atoms with Crippen LogP contribution < -0.4 is 5.73 Å². The zero-order chi connectivity index (χ0) is 13.3. The Kier molecular flexibility index (Phi) is 4.08. The molecule has 2 heteroatoms. The molecule has 18 heavy (non-hydrogen) atoms. The van der Waals surface area contributed by atoms with Crippen LogP contribution in [0.5, 0.6) is 0 Å². The molecule has 0 aromatic heterocycles. The highest BCUT2D eigenvalue weighted by Crippen LogP contribution is 2.40. The van der Waals surface area contributed by atoms with Gasteiger partial charge in [0, 0.05) is 6.61 Å². The van der Waals surface area contributed by atoms with Gasteiger partial charge in [-0.05, 0) is 68.7 Å². The van der Waals surface area contributed by atoms with Gasteiger partial charge in [-0.25, -0.2) is 0 Å². The molecule has 2 atom stereocenters. The van der Waals surface area contributed by atoms with Gasteiger partial charge < -0.3 is 10.5 Å². The van der Waals surface area contributed by atoms with E-state index in [0.717, 1.165) is 6.61 Å². The van der Waals surface area contributed by atoms with Gasteiger partial charge in [0.15, 0.2) is 0 Å². The summed E-state index contributed by atoms with van der Waals surface area (Å²) in [6.07, 6.45) is 2.72. The predicted octanol–water partition coefficient (Wildman–Crippen LogP) is 3.43. The van der Waals surface area contributed by atoms with Gasteiger partial charge in [0.2, 0.25) is 0 Å². The maximum atomic E-state index is 6.46. The molecule has 0 aliphatic heterocycles. The summed E-state index contributed by atoms with van der Waals surface area (Å²) < 4.78 is 5.88. The predicted molar refractivity (Wildman–Crippen MR) is 75.7 cm³/mol. The largest absolute Gasteiger partial charge is 0.376 e. The fraction of sp³-hybridized carbons (Fsp3) is 0.625. The molecule has 100 valence electrons. The zero-order valence-electron chi connectivity index (χ0n) is 12.0. The highest BCUT2D eigenvalue weighted by Gasteiger charge is 2.36. The third kappa shape index (κ3) is 2.76. The number of benzene rings is 1. The Labute approximate surface area is 111 Å². The first-order chi connectivity index (χ1) is 8.54. The average molecular weight is 247 g/mol. The molecule has 1 saturated carbocycles. The van der Waals surface area contributed by atoms with E-state index < -0.39 is 0 Å². The van der Waals surface area contributed by atoms with Crippen LogP contribution in [0.15, 0.2) is 12.1 Å². The molecule has 1 aromatic rings. The number of aryl methyl sites for hydroxylation is 3. The van der Waals surface area contributed by atoms with Crippen molar-refractivity contribution in [2.45, 2.75) is 52.7 Å². The first-order valence-electron chi connectivity index (χ1n) is 6.99. The van der Waals surface area contributed by atoms with E-state index in [4.69, 9.17) is 10.5 Å². The van der Waals surface area contributed by atoms with Gasteiger partial charge in [0.1, 0.15) is 0 Å². The van der Waals surface area contributed by atoms with Gasteiger partial charge >= 0.3 is 0 Å². The van der Waals surface area contributed by atoms with Crippen LogP contribution in [0.1, 0.15) is 48.1 Å². The number of hydrogen-bond acceptors (Lipinski definition) is 2. The van der Waals surface area contributed by atoms with Crippen molar-refractivity contribution in [2.24, 2.45) is 11.7 Å². The summed E-state index contributed by atoms with van der Waals surface area (Å²) in [7, 11) is 0. The zero-order valence-corrected chi connectivity index (χ0v) is 12.0. The summed E-state index contributed by atoms with van der Waals surface area (Å²) in [5.74, 6) is 0.668. The van der Waals surface area contributed by atoms with Crippen molar-refractivity contribution in [1.29, 1.82) is 0 Å². The molecule has 0 radical (unpaired) electrons. The van der Waals surface area contributed by atoms with Crippen molar-refractivity contribution in [3.05, 3.63) is 34.4 Å². The second-order valence-corrected chi connectivity index (χ2v) is 5.58. The number of nitrogens with two attached hydrogens (primary N) is 1. The lowest BCUT2D eigenvalue weighted by atomic mass is 9.92. The molecule has 1 aromatic carbocycles. The van der Waals surface area contributed by atoms with E-state index in [0.29, 0.717) is 5.92 Å². The summed E-state index contributed by atoms with van der Waals surface area (Å²) >= 11 is 0. The van der Waals surface area contributed by atoms with E-state index in [9.17, 15) is 0 Å². The number of rotatable bonds is 5. The molecular weight excluding hydrogens is 222 g/mol. The molecule has 2 rings (SSSR count). The second kappa shape index (κ2) is 5.41. The van der Waals surface area contributed by atoms with Crippen molar-refractivity contribution < 1.29 is 4.74 Å². The van der Waals surface area contributed by atoms with Crippen molar-refractivity contribution in [2.75, 3.05) is 6.61 Å². The fourth-order valence-electron chi connectivity index (χ4n) is 2.67. The molecule has 0 bridgehead atoms.